The fourth-order valence-corrected chi connectivity index (χ4v) is 1.80. The summed E-state index contributed by atoms with van der Waals surface area (Å²) in [6.45, 7) is 6.80. The molecule has 1 aliphatic heterocycles. The van der Waals surface area contributed by atoms with Crippen LogP contribution >= 0.6 is 11.6 Å². The van der Waals surface area contributed by atoms with Gasteiger partial charge in [-0.2, -0.15) is 0 Å². The second-order valence-corrected chi connectivity index (χ2v) is 4.43. The van der Waals surface area contributed by atoms with Crippen molar-refractivity contribution >= 4 is 17.5 Å². The molecule has 15 heavy (non-hydrogen) atoms. The summed E-state index contributed by atoms with van der Waals surface area (Å²) in [6.07, 6.45) is 0. The van der Waals surface area contributed by atoms with Gasteiger partial charge in [0.05, 0.1) is 6.61 Å². The van der Waals surface area contributed by atoms with Crippen molar-refractivity contribution in [3.05, 3.63) is 0 Å². The molecular weight excluding hydrogens is 216 g/mol. The SMILES string of the molecule is COCCN1CCN(C(=O)C(C)Cl)CC1. The molecule has 1 saturated heterocycles. The van der Waals surface area contributed by atoms with E-state index >= 15 is 0 Å². The van der Waals surface area contributed by atoms with Gasteiger partial charge in [0.2, 0.25) is 5.91 Å². The predicted octanol–water partition coefficient (Wildman–Crippen LogP) is 0.404. The average molecular weight is 235 g/mol. The molecule has 5 heteroatoms. The number of hydrogen-bond donors (Lipinski definition) is 0. The minimum absolute atomic E-state index is 0.0445. The van der Waals surface area contributed by atoms with Crippen LogP contribution in [-0.4, -0.2) is 67.5 Å². The van der Waals surface area contributed by atoms with Crippen LogP contribution in [0.5, 0.6) is 0 Å². The minimum atomic E-state index is -0.407. The topological polar surface area (TPSA) is 32.8 Å². The number of ether oxygens (including phenoxy) is 1. The van der Waals surface area contributed by atoms with Crippen molar-refractivity contribution in [2.45, 2.75) is 12.3 Å². The van der Waals surface area contributed by atoms with Gasteiger partial charge in [-0.05, 0) is 6.92 Å². The van der Waals surface area contributed by atoms with Crippen LogP contribution < -0.4 is 0 Å². The van der Waals surface area contributed by atoms with E-state index in [9.17, 15) is 4.79 Å². The van der Waals surface area contributed by atoms with E-state index in [-0.39, 0.29) is 5.91 Å². The summed E-state index contributed by atoms with van der Waals surface area (Å²) in [4.78, 5) is 15.7. The van der Waals surface area contributed by atoms with Crippen LogP contribution in [0.25, 0.3) is 0 Å². The molecule has 0 radical (unpaired) electrons. The average Bonchev–Trinajstić information content (AvgIpc) is 2.26. The molecule has 0 aromatic carbocycles. The van der Waals surface area contributed by atoms with Gasteiger partial charge in [-0.1, -0.05) is 0 Å². The largest absolute Gasteiger partial charge is 0.383 e. The van der Waals surface area contributed by atoms with Crippen LogP contribution in [0, 0.1) is 0 Å². The quantitative estimate of drug-likeness (QED) is 0.661. The Balaban J connectivity index is 2.26. The van der Waals surface area contributed by atoms with E-state index in [0.717, 1.165) is 39.3 Å². The molecule has 0 saturated carbocycles. The summed E-state index contributed by atoms with van der Waals surface area (Å²) in [5.74, 6) is 0.0445. The minimum Gasteiger partial charge on any atom is -0.383 e. The van der Waals surface area contributed by atoms with Crippen molar-refractivity contribution in [2.75, 3.05) is 46.4 Å². The third-order valence-electron chi connectivity index (χ3n) is 2.64. The highest BCUT2D eigenvalue weighted by Gasteiger charge is 2.23. The van der Waals surface area contributed by atoms with E-state index in [1.54, 1.807) is 14.0 Å². The summed E-state index contributed by atoms with van der Waals surface area (Å²) in [7, 11) is 1.70. The number of halogens is 1. The molecule has 1 unspecified atom stereocenters. The highest BCUT2D eigenvalue weighted by Crippen LogP contribution is 2.06. The maximum Gasteiger partial charge on any atom is 0.240 e. The number of alkyl halides is 1. The maximum atomic E-state index is 11.6. The van der Waals surface area contributed by atoms with E-state index in [0.29, 0.717) is 0 Å². The van der Waals surface area contributed by atoms with Crippen LogP contribution in [0.2, 0.25) is 0 Å². The monoisotopic (exact) mass is 234 g/mol. The fourth-order valence-electron chi connectivity index (χ4n) is 1.66. The van der Waals surface area contributed by atoms with Crippen LogP contribution in [0.4, 0.5) is 0 Å². The van der Waals surface area contributed by atoms with Crippen molar-refractivity contribution in [2.24, 2.45) is 0 Å². The number of amides is 1. The zero-order valence-corrected chi connectivity index (χ0v) is 10.2. The Kier molecular flexibility index (Phi) is 5.36. The number of carbonyl (C=O) groups excluding carboxylic acids is 1. The standard InChI is InChI=1S/C10H19ClN2O2/c1-9(11)10(14)13-5-3-12(4-6-13)7-8-15-2/h9H,3-8H2,1-2H3. The molecule has 0 aromatic rings. The Morgan fingerprint density at radius 1 is 1.40 bits per heavy atom. The lowest BCUT2D eigenvalue weighted by atomic mass is 10.3. The van der Waals surface area contributed by atoms with E-state index in [1.807, 2.05) is 4.90 Å². The zero-order valence-electron chi connectivity index (χ0n) is 9.41. The highest BCUT2D eigenvalue weighted by molar-refractivity contribution is 6.30. The van der Waals surface area contributed by atoms with Gasteiger partial charge in [0, 0.05) is 39.8 Å². The van der Waals surface area contributed by atoms with Gasteiger partial charge in [-0.15, -0.1) is 11.6 Å². The first kappa shape index (κ1) is 12.7. The zero-order chi connectivity index (χ0) is 11.3. The predicted molar refractivity (Wildman–Crippen MR) is 60.2 cm³/mol. The third-order valence-corrected chi connectivity index (χ3v) is 2.82. The van der Waals surface area contributed by atoms with Crippen molar-refractivity contribution < 1.29 is 9.53 Å². The van der Waals surface area contributed by atoms with Crippen molar-refractivity contribution in [3.8, 4) is 0 Å². The highest BCUT2D eigenvalue weighted by atomic mass is 35.5. The smallest absolute Gasteiger partial charge is 0.240 e. The molecule has 1 fully saturated rings. The lowest BCUT2D eigenvalue weighted by Gasteiger charge is -2.35. The third kappa shape index (κ3) is 3.97. The summed E-state index contributed by atoms with van der Waals surface area (Å²) < 4.78 is 5.01. The molecule has 4 nitrogen and oxygen atoms in total. The Morgan fingerprint density at radius 2 is 2.00 bits per heavy atom. The summed E-state index contributed by atoms with van der Waals surface area (Å²) >= 11 is 5.76. The summed E-state index contributed by atoms with van der Waals surface area (Å²) in [5.41, 5.74) is 0. The Morgan fingerprint density at radius 3 is 2.47 bits per heavy atom. The second-order valence-electron chi connectivity index (χ2n) is 3.78. The first-order chi connectivity index (χ1) is 7.15. The van der Waals surface area contributed by atoms with Crippen LogP contribution in [0.15, 0.2) is 0 Å². The number of piperazine rings is 1. The van der Waals surface area contributed by atoms with Crippen molar-refractivity contribution in [3.63, 3.8) is 0 Å². The van der Waals surface area contributed by atoms with E-state index in [1.165, 1.54) is 0 Å². The van der Waals surface area contributed by atoms with Gasteiger partial charge in [-0.25, -0.2) is 0 Å². The normalized spacial score (nSPS) is 20.3. The number of methoxy groups -OCH3 is 1. The van der Waals surface area contributed by atoms with Crippen LogP contribution in [0.1, 0.15) is 6.92 Å². The Bertz CT molecular complexity index is 204. The van der Waals surface area contributed by atoms with Gasteiger partial charge in [-0.3, -0.25) is 9.69 Å². The van der Waals surface area contributed by atoms with Gasteiger partial charge < -0.3 is 9.64 Å². The van der Waals surface area contributed by atoms with Crippen LogP contribution in [0.3, 0.4) is 0 Å². The molecule has 88 valence electrons. The lowest BCUT2D eigenvalue weighted by molar-refractivity contribution is -0.132. The molecule has 1 aliphatic rings. The molecule has 0 N–H and O–H groups in total. The molecule has 0 spiro atoms. The Labute approximate surface area is 96.1 Å². The molecule has 1 heterocycles. The number of carbonyl (C=O) groups is 1. The van der Waals surface area contributed by atoms with Gasteiger partial charge in [0.15, 0.2) is 0 Å². The second kappa shape index (κ2) is 6.30. The first-order valence-electron chi connectivity index (χ1n) is 5.29. The summed E-state index contributed by atoms with van der Waals surface area (Å²) in [6, 6.07) is 0. The van der Waals surface area contributed by atoms with E-state index in [2.05, 4.69) is 4.90 Å². The molecule has 0 aromatic heterocycles. The lowest BCUT2D eigenvalue weighted by Crippen LogP contribution is -2.50. The molecule has 1 amide bonds. The Hall–Kier alpha value is -0.320. The molecule has 0 bridgehead atoms. The summed E-state index contributed by atoms with van der Waals surface area (Å²) in [5, 5.41) is -0.407. The number of hydrogen-bond acceptors (Lipinski definition) is 3. The first-order valence-corrected chi connectivity index (χ1v) is 5.73. The number of nitrogens with zero attached hydrogens (tertiary/aromatic N) is 2. The molecule has 1 atom stereocenters. The van der Waals surface area contributed by atoms with Gasteiger partial charge in [0.25, 0.3) is 0 Å². The van der Waals surface area contributed by atoms with Crippen molar-refractivity contribution in [1.82, 2.24) is 9.80 Å². The number of rotatable bonds is 4. The maximum absolute atomic E-state index is 11.6. The van der Waals surface area contributed by atoms with Crippen LogP contribution in [-0.2, 0) is 9.53 Å². The molecule has 1 rings (SSSR count). The fraction of sp³-hybridized carbons (Fsp3) is 0.900. The molecule has 0 aliphatic carbocycles. The van der Waals surface area contributed by atoms with E-state index < -0.39 is 5.38 Å². The van der Waals surface area contributed by atoms with Crippen molar-refractivity contribution in [1.29, 1.82) is 0 Å². The van der Waals surface area contributed by atoms with E-state index in [4.69, 9.17) is 16.3 Å². The molecular formula is C10H19ClN2O2. The van der Waals surface area contributed by atoms with Gasteiger partial charge >= 0.3 is 0 Å². The van der Waals surface area contributed by atoms with Gasteiger partial charge in [0.1, 0.15) is 5.38 Å².